The molecule has 0 aliphatic heterocycles. The molecule has 0 atom stereocenters. The summed E-state index contributed by atoms with van der Waals surface area (Å²) < 4.78 is 10.4. The Balaban J connectivity index is 1.83. The van der Waals surface area contributed by atoms with Crippen LogP contribution in [0.5, 0.6) is 17.2 Å². The highest BCUT2D eigenvalue weighted by Crippen LogP contribution is 2.36. The third-order valence-corrected chi connectivity index (χ3v) is 4.00. The molecule has 26 heavy (non-hydrogen) atoms. The number of aliphatic imine (C=N–C) groups is 1. The Bertz CT molecular complexity index is 692. The number of methoxy groups -OCH3 is 2. The molecule has 140 valence electrons. The predicted molar refractivity (Wildman–Crippen MR) is 104 cm³/mol. The number of ether oxygens (including phenoxy) is 2. The van der Waals surface area contributed by atoms with Gasteiger partial charge in [0.25, 0.3) is 0 Å². The number of nitrogens with zero attached hydrogens (tertiary/aromatic N) is 1. The molecule has 0 fully saturated rings. The zero-order chi connectivity index (χ0) is 18.8. The third-order valence-electron chi connectivity index (χ3n) is 4.00. The number of phenolic OH excluding ortho intramolecular Hbond substituents is 1. The molecule has 0 heterocycles. The lowest BCUT2D eigenvalue weighted by atomic mass is 10.1. The molecule has 0 amide bonds. The van der Waals surface area contributed by atoms with E-state index in [2.05, 4.69) is 39.9 Å². The average Bonchev–Trinajstić information content (AvgIpc) is 2.69. The smallest absolute Gasteiger partial charge is 0.200 e. The highest BCUT2D eigenvalue weighted by molar-refractivity contribution is 5.79. The maximum atomic E-state index is 9.97. The van der Waals surface area contributed by atoms with Crippen LogP contribution >= 0.6 is 0 Å². The Kier molecular flexibility index (Phi) is 7.61. The lowest BCUT2D eigenvalue weighted by Crippen LogP contribution is -2.37. The monoisotopic (exact) mass is 357 g/mol. The molecule has 2 rings (SSSR count). The van der Waals surface area contributed by atoms with Crippen molar-refractivity contribution in [2.45, 2.75) is 19.4 Å². The number of rotatable bonds is 8. The zero-order valence-electron chi connectivity index (χ0n) is 15.6. The van der Waals surface area contributed by atoms with Crippen molar-refractivity contribution in [3.8, 4) is 17.2 Å². The second kappa shape index (κ2) is 10.2. The Morgan fingerprint density at radius 3 is 2.23 bits per heavy atom. The standard InChI is InChI=1S/C20H27N3O3/c1-21-20(22-11-7-10-15-8-5-4-6-9-15)23-14-16-12-17(25-2)19(24)18(13-16)26-3/h4-6,8-9,12-13,24H,7,10-11,14H2,1-3H3,(H2,21,22,23). The van der Waals surface area contributed by atoms with Crippen molar-refractivity contribution >= 4 is 5.96 Å². The zero-order valence-corrected chi connectivity index (χ0v) is 15.6. The minimum Gasteiger partial charge on any atom is -0.502 e. The van der Waals surface area contributed by atoms with E-state index >= 15 is 0 Å². The molecular formula is C20H27N3O3. The summed E-state index contributed by atoms with van der Waals surface area (Å²) in [6.07, 6.45) is 2.04. The summed E-state index contributed by atoms with van der Waals surface area (Å²) in [7, 11) is 4.77. The van der Waals surface area contributed by atoms with Crippen LogP contribution in [0.4, 0.5) is 0 Å². The molecule has 0 aliphatic carbocycles. The molecule has 0 spiro atoms. The van der Waals surface area contributed by atoms with Gasteiger partial charge >= 0.3 is 0 Å². The normalized spacial score (nSPS) is 11.1. The first-order chi connectivity index (χ1) is 12.7. The van der Waals surface area contributed by atoms with Gasteiger partial charge in [-0.2, -0.15) is 0 Å². The first-order valence-corrected chi connectivity index (χ1v) is 8.60. The highest BCUT2D eigenvalue weighted by Gasteiger charge is 2.11. The molecule has 0 saturated heterocycles. The van der Waals surface area contributed by atoms with Gasteiger partial charge in [0.2, 0.25) is 5.75 Å². The molecular weight excluding hydrogens is 330 g/mol. The molecule has 6 nitrogen and oxygen atoms in total. The average molecular weight is 357 g/mol. The Labute approximate surface area is 154 Å². The van der Waals surface area contributed by atoms with E-state index in [9.17, 15) is 5.11 Å². The summed E-state index contributed by atoms with van der Waals surface area (Å²) in [6.45, 7) is 1.36. The molecule has 2 aromatic carbocycles. The van der Waals surface area contributed by atoms with Crippen LogP contribution in [0.3, 0.4) is 0 Å². The van der Waals surface area contributed by atoms with Crippen molar-refractivity contribution in [1.82, 2.24) is 10.6 Å². The molecule has 0 bridgehead atoms. The summed E-state index contributed by atoms with van der Waals surface area (Å²) in [4.78, 5) is 4.23. The Morgan fingerprint density at radius 1 is 1.00 bits per heavy atom. The summed E-state index contributed by atoms with van der Waals surface area (Å²) in [5, 5.41) is 16.5. The second-order valence-electron chi connectivity index (χ2n) is 5.79. The van der Waals surface area contributed by atoms with Gasteiger partial charge in [0.05, 0.1) is 14.2 Å². The van der Waals surface area contributed by atoms with Crippen LogP contribution < -0.4 is 20.1 Å². The van der Waals surface area contributed by atoms with Crippen molar-refractivity contribution in [3.63, 3.8) is 0 Å². The molecule has 0 radical (unpaired) electrons. The van der Waals surface area contributed by atoms with Gasteiger partial charge in [-0.3, -0.25) is 4.99 Å². The molecule has 0 saturated carbocycles. The van der Waals surface area contributed by atoms with E-state index in [1.807, 2.05) is 6.07 Å². The summed E-state index contributed by atoms with van der Waals surface area (Å²) in [6, 6.07) is 14.0. The highest BCUT2D eigenvalue weighted by atomic mass is 16.5. The van der Waals surface area contributed by atoms with Gasteiger partial charge in [-0.25, -0.2) is 0 Å². The van der Waals surface area contributed by atoms with E-state index in [0.29, 0.717) is 18.0 Å². The van der Waals surface area contributed by atoms with Crippen molar-refractivity contribution < 1.29 is 14.6 Å². The number of nitrogens with one attached hydrogen (secondary N) is 2. The van der Waals surface area contributed by atoms with Crippen molar-refractivity contribution in [1.29, 1.82) is 0 Å². The van der Waals surface area contributed by atoms with Gasteiger partial charge in [0.1, 0.15) is 0 Å². The first-order valence-electron chi connectivity index (χ1n) is 8.60. The molecule has 2 aromatic rings. The van der Waals surface area contributed by atoms with Crippen LogP contribution in [-0.2, 0) is 13.0 Å². The Hall–Kier alpha value is -2.89. The van der Waals surface area contributed by atoms with Gasteiger partial charge in [-0.05, 0) is 36.1 Å². The molecule has 3 N–H and O–H groups in total. The van der Waals surface area contributed by atoms with Crippen LogP contribution in [0, 0.1) is 0 Å². The number of phenols is 1. The molecule has 0 aliphatic rings. The molecule has 0 unspecified atom stereocenters. The van der Waals surface area contributed by atoms with E-state index in [1.54, 1.807) is 19.2 Å². The minimum absolute atomic E-state index is 0.00201. The topological polar surface area (TPSA) is 75.1 Å². The first kappa shape index (κ1) is 19.4. The maximum absolute atomic E-state index is 9.97. The predicted octanol–water partition coefficient (Wildman–Crippen LogP) is 2.71. The van der Waals surface area contributed by atoms with Crippen LogP contribution in [0.2, 0.25) is 0 Å². The van der Waals surface area contributed by atoms with E-state index in [4.69, 9.17) is 9.47 Å². The molecule has 6 heteroatoms. The van der Waals surface area contributed by atoms with E-state index in [0.717, 1.165) is 30.9 Å². The summed E-state index contributed by atoms with van der Waals surface area (Å²) in [5.41, 5.74) is 2.25. The van der Waals surface area contributed by atoms with Gasteiger partial charge < -0.3 is 25.2 Å². The second-order valence-corrected chi connectivity index (χ2v) is 5.79. The Morgan fingerprint density at radius 2 is 1.65 bits per heavy atom. The number of guanidine groups is 1. The SMILES string of the molecule is CN=C(NCCCc1ccccc1)NCc1cc(OC)c(O)c(OC)c1. The number of hydrogen-bond donors (Lipinski definition) is 3. The number of aryl methyl sites for hydroxylation is 1. The number of hydrogen-bond acceptors (Lipinski definition) is 4. The van der Waals surface area contributed by atoms with Gasteiger partial charge in [-0.1, -0.05) is 30.3 Å². The van der Waals surface area contributed by atoms with Gasteiger partial charge in [0.15, 0.2) is 17.5 Å². The fourth-order valence-corrected chi connectivity index (χ4v) is 2.60. The van der Waals surface area contributed by atoms with E-state index in [1.165, 1.54) is 19.8 Å². The summed E-state index contributed by atoms with van der Waals surface area (Å²) >= 11 is 0. The fourth-order valence-electron chi connectivity index (χ4n) is 2.60. The van der Waals surface area contributed by atoms with Crippen LogP contribution in [0.25, 0.3) is 0 Å². The number of aromatic hydroxyl groups is 1. The fraction of sp³-hybridized carbons (Fsp3) is 0.350. The lowest BCUT2D eigenvalue weighted by Gasteiger charge is -2.14. The quantitative estimate of drug-likeness (QED) is 0.385. The van der Waals surface area contributed by atoms with Gasteiger partial charge in [0, 0.05) is 20.1 Å². The van der Waals surface area contributed by atoms with Crippen LogP contribution in [0.15, 0.2) is 47.5 Å². The van der Waals surface area contributed by atoms with Crippen LogP contribution in [0.1, 0.15) is 17.5 Å². The van der Waals surface area contributed by atoms with Crippen molar-refractivity contribution in [2.24, 2.45) is 4.99 Å². The largest absolute Gasteiger partial charge is 0.502 e. The van der Waals surface area contributed by atoms with Crippen LogP contribution in [-0.4, -0.2) is 38.9 Å². The molecule has 0 aromatic heterocycles. The summed E-state index contributed by atoms with van der Waals surface area (Å²) in [5.74, 6) is 1.49. The van der Waals surface area contributed by atoms with E-state index in [-0.39, 0.29) is 5.75 Å². The van der Waals surface area contributed by atoms with Crippen molar-refractivity contribution in [2.75, 3.05) is 27.8 Å². The minimum atomic E-state index is 0.00201. The number of benzene rings is 2. The van der Waals surface area contributed by atoms with Crippen molar-refractivity contribution in [3.05, 3.63) is 53.6 Å². The lowest BCUT2D eigenvalue weighted by molar-refractivity contribution is 0.339. The van der Waals surface area contributed by atoms with Gasteiger partial charge in [-0.15, -0.1) is 0 Å². The maximum Gasteiger partial charge on any atom is 0.200 e. The van der Waals surface area contributed by atoms with E-state index < -0.39 is 0 Å². The third kappa shape index (κ3) is 5.58.